The summed E-state index contributed by atoms with van der Waals surface area (Å²) in [6.45, 7) is 18.2. The van der Waals surface area contributed by atoms with Crippen LogP contribution in [0.1, 0.15) is 107 Å². The minimum Gasteiger partial charge on any atom is -0.310 e. The number of fused-ring (bicyclic) bond motifs is 13. The number of para-hydroxylation sites is 1. The molecule has 0 fully saturated rings. The minimum atomic E-state index is -0.692. The van der Waals surface area contributed by atoms with Crippen LogP contribution in [0.5, 0.6) is 0 Å². The van der Waals surface area contributed by atoms with Gasteiger partial charge in [-0.15, -0.1) is 0 Å². The van der Waals surface area contributed by atoms with Crippen molar-refractivity contribution in [2.75, 3.05) is 4.90 Å². The Balaban J connectivity index is 1.17. The molecule has 8 aromatic carbocycles. The van der Waals surface area contributed by atoms with Gasteiger partial charge in [0.2, 0.25) is 0 Å². The standard InChI is InChI=1S/C60H53N/c1-57(2,3)39-27-32-47-48-33-28-40(58(4,5)6)36-54(48)60(53(47)35-39)52-24-15-13-19-45(52)49-34-31-43(37-55(49)60)61(41-17-10-9-11-18-41)42-29-25-38(26-30-42)44-21-16-22-50-46-20-12-14-23-51(46)59(7,8)56(44)50/h9-37H,1-8H3/i9D,10D,11D,17D,18D. The number of hydrogen-bond donors (Lipinski definition) is 0. The molecule has 0 radical (unpaired) electrons. The highest BCUT2D eigenvalue weighted by molar-refractivity contribution is 5.97. The van der Waals surface area contributed by atoms with Crippen LogP contribution in [0.2, 0.25) is 0 Å². The van der Waals surface area contributed by atoms with Gasteiger partial charge in [-0.05, 0) is 136 Å². The number of rotatable bonds is 4. The van der Waals surface area contributed by atoms with Gasteiger partial charge in [-0.2, -0.15) is 0 Å². The fraction of sp³-hybridized carbons (Fsp3) is 0.200. The second-order valence-corrected chi connectivity index (χ2v) is 19.8. The van der Waals surface area contributed by atoms with E-state index in [2.05, 4.69) is 189 Å². The molecule has 0 saturated heterocycles. The van der Waals surface area contributed by atoms with Crippen LogP contribution in [0.4, 0.5) is 17.1 Å². The van der Waals surface area contributed by atoms with E-state index in [-0.39, 0.29) is 46.1 Å². The Labute approximate surface area is 369 Å². The molecular weight excluding hydrogens is 735 g/mol. The second-order valence-electron chi connectivity index (χ2n) is 19.8. The second kappa shape index (κ2) is 13.0. The van der Waals surface area contributed by atoms with Crippen LogP contribution in [0.25, 0.3) is 44.5 Å². The quantitative estimate of drug-likeness (QED) is 0.172. The first kappa shape index (κ1) is 32.3. The predicted molar refractivity (Wildman–Crippen MR) is 258 cm³/mol. The zero-order valence-corrected chi connectivity index (χ0v) is 36.3. The van der Waals surface area contributed by atoms with Gasteiger partial charge in [-0.25, -0.2) is 0 Å². The Morgan fingerprint density at radius 1 is 0.410 bits per heavy atom. The smallest absolute Gasteiger partial charge is 0.0726 e. The summed E-state index contributed by atoms with van der Waals surface area (Å²) in [5.41, 5.74) is 19.7. The summed E-state index contributed by atoms with van der Waals surface area (Å²) >= 11 is 0. The minimum absolute atomic E-state index is 0.103. The highest BCUT2D eigenvalue weighted by atomic mass is 15.1. The van der Waals surface area contributed by atoms with E-state index in [1.807, 2.05) is 17.0 Å². The lowest BCUT2D eigenvalue weighted by atomic mass is 9.68. The fourth-order valence-corrected chi connectivity index (χ4v) is 10.9. The van der Waals surface area contributed by atoms with Gasteiger partial charge in [0.05, 0.1) is 12.3 Å². The molecule has 0 aliphatic heterocycles. The van der Waals surface area contributed by atoms with Crippen molar-refractivity contribution < 1.29 is 6.85 Å². The largest absolute Gasteiger partial charge is 0.310 e. The van der Waals surface area contributed by atoms with Crippen molar-refractivity contribution in [3.8, 4) is 44.5 Å². The molecule has 1 heteroatoms. The van der Waals surface area contributed by atoms with Crippen LogP contribution in [0.3, 0.4) is 0 Å². The zero-order valence-electron chi connectivity index (χ0n) is 41.3. The van der Waals surface area contributed by atoms with Gasteiger partial charge in [-0.1, -0.05) is 195 Å². The van der Waals surface area contributed by atoms with Crippen LogP contribution < -0.4 is 4.90 Å². The third-order valence-electron chi connectivity index (χ3n) is 13.9. The van der Waals surface area contributed by atoms with Crippen molar-refractivity contribution in [3.63, 3.8) is 0 Å². The van der Waals surface area contributed by atoms with E-state index in [1.54, 1.807) is 0 Å². The molecule has 0 N–H and O–H groups in total. The summed E-state index contributed by atoms with van der Waals surface area (Å²) in [5.74, 6) is 0. The molecule has 0 atom stereocenters. The van der Waals surface area contributed by atoms with E-state index < -0.39 is 11.5 Å². The van der Waals surface area contributed by atoms with Crippen LogP contribution in [-0.2, 0) is 21.7 Å². The molecule has 1 spiro atoms. The van der Waals surface area contributed by atoms with Crippen LogP contribution in [0, 0.1) is 0 Å². The Morgan fingerprint density at radius 3 is 1.49 bits per heavy atom. The summed E-state index contributed by atoms with van der Waals surface area (Å²) < 4.78 is 45.1. The molecule has 0 bridgehead atoms. The average Bonchev–Trinajstić information content (AvgIpc) is 3.86. The van der Waals surface area contributed by atoms with Crippen molar-refractivity contribution in [1.82, 2.24) is 0 Å². The molecule has 0 unspecified atom stereocenters. The van der Waals surface area contributed by atoms with Crippen LogP contribution >= 0.6 is 0 Å². The molecule has 11 rings (SSSR count). The van der Waals surface area contributed by atoms with Crippen LogP contribution in [0.15, 0.2) is 176 Å². The zero-order chi connectivity index (χ0) is 46.4. The molecule has 0 amide bonds. The molecular formula is C60H53N. The Kier molecular flexibility index (Phi) is 6.91. The Morgan fingerprint density at radius 2 is 0.885 bits per heavy atom. The number of nitrogens with zero attached hydrogens (tertiary/aromatic N) is 1. The molecule has 298 valence electrons. The Hall–Kier alpha value is -6.44. The van der Waals surface area contributed by atoms with E-state index in [9.17, 15) is 2.74 Å². The molecule has 3 aliphatic rings. The van der Waals surface area contributed by atoms with E-state index in [0.29, 0.717) is 11.4 Å². The van der Waals surface area contributed by atoms with Gasteiger partial charge in [0.1, 0.15) is 0 Å². The Bertz CT molecular complexity index is 3270. The topological polar surface area (TPSA) is 3.24 Å². The summed E-state index contributed by atoms with van der Waals surface area (Å²) in [5, 5.41) is 0. The van der Waals surface area contributed by atoms with E-state index >= 15 is 0 Å². The normalized spacial score (nSPS) is 16.0. The molecule has 3 aliphatic carbocycles. The lowest BCUT2D eigenvalue weighted by Crippen LogP contribution is -2.27. The van der Waals surface area contributed by atoms with Crippen molar-refractivity contribution in [2.24, 2.45) is 0 Å². The maximum atomic E-state index is 9.39. The van der Waals surface area contributed by atoms with E-state index in [1.165, 1.54) is 66.8 Å². The highest BCUT2D eigenvalue weighted by Crippen LogP contribution is 2.64. The van der Waals surface area contributed by atoms with Crippen molar-refractivity contribution in [1.29, 1.82) is 0 Å². The van der Waals surface area contributed by atoms with Crippen molar-refractivity contribution in [2.45, 2.75) is 77.0 Å². The summed E-state index contributed by atoms with van der Waals surface area (Å²) in [7, 11) is 0. The SMILES string of the molecule is [2H]c1c([2H])c([2H])c(N(c2ccc(-c3cccc4c3C(C)(C)c3ccccc3-4)cc2)c2ccc3c(c2)C2(c4ccccc4-3)c3cc(C(C)(C)C)ccc3-c3ccc(C(C)(C)C)cc32)c([2H])c1[2H]. The lowest BCUT2D eigenvalue weighted by Gasteiger charge is -2.34. The number of anilines is 3. The fourth-order valence-electron chi connectivity index (χ4n) is 10.9. The molecule has 0 heterocycles. The molecule has 8 aromatic rings. The molecule has 0 saturated carbocycles. The first-order valence-corrected chi connectivity index (χ1v) is 21.6. The first-order valence-electron chi connectivity index (χ1n) is 24.1. The number of benzene rings is 8. The van der Waals surface area contributed by atoms with Gasteiger partial charge in [0, 0.05) is 22.5 Å². The third-order valence-corrected chi connectivity index (χ3v) is 13.9. The molecule has 0 aromatic heterocycles. The highest BCUT2D eigenvalue weighted by Gasteiger charge is 2.52. The first-order chi connectivity index (χ1) is 31.3. The van der Waals surface area contributed by atoms with Crippen molar-refractivity contribution in [3.05, 3.63) is 220 Å². The maximum Gasteiger partial charge on any atom is 0.0726 e. The summed E-state index contributed by atoms with van der Waals surface area (Å²) in [6, 6.07) is 51.1. The third kappa shape index (κ3) is 5.39. The average molecular weight is 793 g/mol. The monoisotopic (exact) mass is 792 g/mol. The van der Waals surface area contributed by atoms with E-state index in [4.69, 9.17) is 4.11 Å². The van der Waals surface area contributed by atoms with Gasteiger partial charge >= 0.3 is 0 Å². The number of hydrogen-bond acceptors (Lipinski definition) is 1. The van der Waals surface area contributed by atoms with Crippen LogP contribution in [-0.4, -0.2) is 0 Å². The maximum absolute atomic E-state index is 9.39. The predicted octanol–water partition coefficient (Wildman–Crippen LogP) is 16.1. The van der Waals surface area contributed by atoms with Gasteiger partial charge < -0.3 is 4.90 Å². The summed E-state index contributed by atoms with van der Waals surface area (Å²) in [4.78, 5) is 1.88. The lowest BCUT2D eigenvalue weighted by molar-refractivity contribution is 0.586. The van der Waals surface area contributed by atoms with E-state index in [0.717, 1.165) is 22.3 Å². The van der Waals surface area contributed by atoms with Crippen molar-refractivity contribution >= 4 is 17.1 Å². The van der Waals surface area contributed by atoms with Gasteiger partial charge in [-0.3, -0.25) is 0 Å². The molecule has 1 nitrogen and oxygen atoms in total. The van der Waals surface area contributed by atoms with Gasteiger partial charge in [0.25, 0.3) is 0 Å². The molecule has 61 heavy (non-hydrogen) atoms. The van der Waals surface area contributed by atoms with Gasteiger partial charge in [0.15, 0.2) is 0 Å². The summed E-state index contributed by atoms with van der Waals surface area (Å²) in [6.07, 6.45) is 0.